The van der Waals surface area contributed by atoms with E-state index < -0.39 is 0 Å². The van der Waals surface area contributed by atoms with Crippen molar-refractivity contribution in [1.29, 1.82) is 0 Å². The lowest BCUT2D eigenvalue weighted by Gasteiger charge is -1.98. The third kappa shape index (κ3) is 4.03. The predicted octanol–water partition coefficient (Wildman–Crippen LogP) is 1.86. The summed E-state index contributed by atoms with van der Waals surface area (Å²) in [5.41, 5.74) is 0.959. The Morgan fingerprint density at radius 1 is 1.62 bits per heavy atom. The molecule has 3 nitrogen and oxygen atoms in total. The standard InChI is InChI=1S/C9H12N2OS/c1-7-3-5-10-9(11-7)13-6-4-8(2)12/h3,5H,4,6H2,1-2H3. The van der Waals surface area contributed by atoms with Gasteiger partial charge in [0.1, 0.15) is 5.78 Å². The molecule has 0 unspecified atom stereocenters. The van der Waals surface area contributed by atoms with E-state index in [9.17, 15) is 4.79 Å². The second kappa shape index (κ2) is 4.97. The molecule has 1 heterocycles. The zero-order valence-corrected chi connectivity index (χ0v) is 8.60. The number of carbonyl (C=O) groups is 1. The molecule has 13 heavy (non-hydrogen) atoms. The summed E-state index contributed by atoms with van der Waals surface area (Å²) < 4.78 is 0. The van der Waals surface area contributed by atoms with Gasteiger partial charge in [0.25, 0.3) is 0 Å². The Morgan fingerprint density at radius 3 is 3.00 bits per heavy atom. The molecule has 1 aromatic heterocycles. The number of ketones is 1. The summed E-state index contributed by atoms with van der Waals surface area (Å²) >= 11 is 1.52. The Bertz CT molecular complexity index is 301. The number of aryl methyl sites for hydroxylation is 1. The summed E-state index contributed by atoms with van der Waals surface area (Å²) in [6.45, 7) is 3.52. The van der Waals surface area contributed by atoms with E-state index >= 15 is 0 Å². The van der Waals surface area contributed by atoms with E-state index in [2.05, 4.69) is 9.97 Å². The third-order valence-corrected chi connectivity index (χ3v) is 2.32. The summed E-state index contributed by atoms with van der Waals surface area (Å²) in [6.07, 6.45) is 2.32. The van der Waals surface area contributed by atoms with Crippen molar-refractivity contribution in [1.82, 2.24) is 9.97 Å². The van der Waals surface area contributed by atoms with Crippen LogP contribution in [0.25, 0.3) is 0 Å². The molecule has 1 rings (SSSR count). The molecule has 0 N–H and O–H groups in total. The number of hydrogen-bond acceptors (Lipinski definition) is 4. The average Bonchev–Trinajstić information content (AvgIpc) is 2.03. The Kier molecular flexibility index (Phi) is 3.89. The van der Waals surface area contributed by atoms with Crippen LogP contribution in [0.1, 0.15) is 19.0 Å². The lowest BCUT2D eigenvalue weighted by Crippen LogP contribution is -1.94. The van der Waals surface area contributed by atoms with Gasteiger partial charge in [0.2, 0.25) is 0 Å². The zero-order valence-electron chi connectivity index (χ0n) is 7.78. The van der Waals surface area contributed by atoms with E-state index in [1.807, 2.05) is 13.0 Å². The first-order valence-corrected chi connectivity index (χ1v) is 5.09. The number of Topliss-reactive ketones (excluding diaryl/α,β-unsaturated/α-hetero) is 1. The number of rotatable bonds is 4. The molecule has 70 valence electrons. The molecule has 0 fully saturated rings. The molecule has 4 heteroatoms. The van der Waals surface area contributed by atoms with Crippen molar-refractivity contribution in [3.8, 4) is 0 Å². The molecule has 0 spiro atoms. The van der Waals surface area contributed by atoms with Gasteiger partial charge in [-0.2, -0.15) is 0 Å². The van der Waals surface area contributed by atoms with Crippen LogP contribution in [-0.4, -0.2) is 21.5 Å². The topological polar surface area (TPSA) is 42.9 Å². The number of aromatic nitrogens is 2. The van der Waals surface area contributed by atoms with Gasteiger partial charge in [-0.25, -0.2) is 9.97 Å². The summed E-state index contributed by atoms with van der Waals surface area (Å²) in [7, 11) is 0. The van der Waals surface area contributed by atoms with Gasteiger partial charge < -0.3 is 0 Å². The van der Waals surface area contributed by atoms with Crippen LogP contribution in [0.5, 0.6) is 0 Å². The maximum atomic E-state index is 10.6. The van der Waals surface area contributed by atoms with Crippen molar-refractivity contribution >= 4 is 17.5 Å². The Labute approximate surface area is 82.0 Å². The first-order valence-electron chi connectivity index (χ1n) is 4.10. The molecule has 0 saturated carbocycles. The van der Waals surface area contributed by atoms with Crippen LogP contribution in [-0.2, 0) is 4.79 Å². The Morgan fingerprint density at radius 2 is 2.38 bits per heavy atom. The van der Waals surface area contributed by atoms with Gasteiger partial charge in [-0.3, -0.25) is 4.79 Å². The molecule has 0 bridgehead atoms. The minimum absolute atomic E-state index is 0.208. The fourth-order valence-electron chi connectivity index (χ4n) is 0.781. The van der Waals surface area contributed by atoms with Crippen LogP contribution in [0.15, 0.2) is 17.4 Å². The fraction of sp³-hybridized carbons (Fsp3) is 0.444. The minimum Gasteiger partial charge on any atom is -0.300 e. The van der Waals surface area contributed by atoms with Crippen molar-refractivity contribution in [3.63, 3.8) is 0 Å². The summed E-state index contributed by atoms with van der Waals surface area (Å²) in [4.78, 5) is 18.9. The fourth-order valence-corrected chi connectivity index (χ4v) is 1.70. The van der Waals surface area contributed by atoms with Gasteiger partial charge in [0, 0.05) is 24.1 Å². The molecular weight excluding hydrogens is 184 g/mol. The van der Waals surface area contributed by atoms with Gasteiger partial charge in [0.15, 0.2) is 5.16 Å². The summed E-state index contributed by atoms with van der Waals surface area (Å²) in [5.74, 6) is 0.971. The smallest absolute Gasteiger partial charge is 0.187 e. The zero-order chi connectivity index (χ0) is 9.68. The van der Waals surface area contributed by atoms with Crippen molar-refractivity contribution in [2.24, 2.45) is 0 Å². The van der Waals surface area contributed by atoms with E-state index in [0.717, 1.165) is 16.6 Å². The Hall–Kier alpha value is -0.900. The summed E-state index contributed by atoms with van der Waals surface area (Å²) in [5, 5.41) is 0.751. The maximum Gasteiger partial charge on any atom is 0.187 e. The van der Waals surface area contributed by atoms with Crippen LogP contribution in [0, 0.1) is 6.92 Å². The Balaban J connectivity index is 2.41. The van der Waals surface area contributed by atoms with Gasteiger partial charge >= 0.3 is 0 Å². The molecule has 0 aliphatic heterocycles. The van der Waals surface area contributed by atoms with Crippen LogP contribution in [0.3, 0.4) is 0 Å². The van der Waals surface area contributed by atoms with Gasteiger partial charge in [0.05, 0.1) is 0 Å². The monoisotopic (exact) mass is 196 g/mol. The van der Waals surface area contributed by atoms with E-state index in [4.69, 9.17) is 0 Å². The number of thioether (sulfide) groups is 1. The molecular formula is C9H12N2OS. The SMILES string of the molecule is CC(=O)CCSc1nccc(C)n1. The highest BCUT2D eigenvalue weighted by molar-refractivity contribution is 7.99. The van der Waals surface area contributed by atoms with Crippen LogP contribution in [0.2, 0.25) is 0 Å². The van der Waals surface area contributed by atoms with Crippen LogP contribution >= 0.6 is 11.8 Å². The summed E-state index contributed by atoms with van der Waals surface area (Å²) in [6, 6.07) is 1.86. The van der Waals surface area contributed by atoms with Crippen molar-refractivity contribution in [2.45, 2.75) is 25.4 Å². The van der Waals surface area contributed by atoms with E-state index in [0.29, 0.717) is 6.42 Å². The second-order valence-electron chi connectivity index (χ2n) is 2.78. The first-order chi connectivity index (χ1) is 6.18. The predicted molar refractivity (Wildman–Crippen MR) is 52.8 cm³/mol. The highest BCUT2D eigenvalue weighted by atomic mass is 32.2. The van der Waals surface area contributed by atoms with Crippen LogP contribution in [0.4, 0.5) is 0 Å². The van der Waals surface area contributed by atoms with Crippen molar-refractivity contribution in [2.75, 3.05) is 5.75 Å². The van der Waals surface area contributed by atoms with E-state index in [1.165, 1.54) is 11.8 Å². The van der Waals surface area contributed by atoms with Gasteiger partial charge in [-0.05, 0) is 19.9 Å². The molecule has 0 aliphatic rings. The normalized spacial score (nSPS) is 10.0. The third-order valence-electron chi connectivity index (χ3n) is 1.46. The highest BCUT2D eigenvalue weighted by Gasteiger charge is 1.98. The minimum atomic E-state index is 0.208. The molecule has 0 radical (unpaired) electrons. The maximum absolute atomic E-state index is 10.6. The molecule has 0 amide bonds. The second-order valence-corrected chi connectivity index (χ2v) is 3.84. The molecule has 1 aromatic rings. The number of hydrogen-bond donors (Lipinski definition) is 0. The van der Waals surface area contributed by atoms with Crippen LogP contribution < -0.4 is 0 Å². The van der Waals surface area contributed by atoms with Gasteiger partial charge in [-0.1, -0.05) is 11.8 Å². The lowest BCUT2D eigenvalue weighted by atomic mass is 10.4. The molecule has 0 saturated heterocycles. The van der Waals surface area contributed by atoms with Crippen molar-refractivity contribution < 1.29 is 4.79 Å². The van der Waals surface area contributed by atoms with E-state index in [-0.39, 0.29) is 5.78 Å². The number of nitrogens with zero attached hydrogens (tertiary/aromatic N) is 2. The number of carbonyl (C=O) groups excluding carboxylic acids is 1. The largest absolute Gasteiger partial charge is 0.300 e. The molecule has 0 aliphatic carbocycles. The average molecular weight is 196 g/mol. The highest BCUT2D eigenvalue weighted by Crippen LogP contribution is 2.13. The lowest BCUT2D eigenvalue weighted by molar-refractivity contribution is -0.116. The first kappa shape index (κ1) is 10.2. The van der Waals surface area contributed by atoms with E-state index in [1.54, 1.807) is 13.1 Å². The van der Waals surface area contributed by atoms with Crippen molar-refractivity contribution in [3.05, 3.63) is 18.0 Å². The molecule has 0 aromatic carbocycles. The quantitative estimate of drug-likeness (QED) is 0.544. The van der Waals surface area contributed by atoms with Gasteiger partial charge in [-0.15, -0.1) is 0 Å². The molecule has 0 atom stereocenters.